The van der Waals surface area contributed by atoms with E-state index in [1.165, 1.54) is 12.0 Å². The zero-order valence-electron chi connectivity index (χ0n) is 16.0. The van der Waals surface area contributed by atoms with Crippen molar-refractivity contribution in [3.8, 4) is 0 Å². The highest BCUT2D eigenvalue weighted by Gasteiger charge is 2.36. The van der Waals surface area contributed by atoms with E-state index in [1.54, 1.807) is 0 Å². The van der Waals surface area contributed by atoms with Crippen LogP contribution in [0.1, 0.15) is 52.4 Å². The van der Waals surface area contributed by atoms with Gasteiger partial charge in [-0.05, 0) is 55.3 Å². The van der Waals surface area contributed by atoms with Crippen molar-refractivity contribution in [3.05, 3.63) is 69.1 Å². The smallest absolute Gasteiger partial charge is 0.261 e. The number of nitrogens with two attached hydrogens (primary N) is 1. The molecule has 2 heterocycles. The highest BCUT2D eigenvalue weighted by atomic mass is 35.5. The zero-order valence-corrected chi connectivity index (χ0v) is 16.8. The number of pyridine rings is 1. The molecule has 0 unspecified atom stereocenters. The summed E-state index contributed by atoms with van der Waals surface area (Å²) in [6.45, 7) is 1.75. The summed E-state index contributed by atoms with van der Waals surface area (Å²) in [6, 6.07) is 12.1. The second-order valence-corrected chi connectivity index (χ2v) is 7.80. The number of H-pyrrole nitrogens is 1. The SMILES string of the molecule is Cl.NC[C@@H]1CN(C(=O)c2cc3c([nH]c2=O)CCCCC3)C[C@H]1c1ccccc1. The summed E-state index contributed by atoms with van der Waals surface area (Å²) in [5.41, 5.74) is 9.36. The number of amides is 1. The molecule has 0 saturated carbocycles. The molecule has 2 aromatic rings. The van der Waals surface area contributed by atoms with Gasteiger partial charge in [-0.25, -0.2) is 0 Å². The van der Waals surface area contributed by atoms with Crippen molar-refractivity contribution >= 4 is 18.3 Å². The lowest BCUT2D eigenvalue weighted by Crippen LogP contribution is -2.34. The molecule has 2 aliphatic rings. The Morgan fingerprint density at radius 2 is 1.86 bits per heavy atom. The predicted octanol–water partition coefficient (Wildman–Crippen LogP) is 2.88. The monoisotopic (exact) mass is 401 g/mol. The second kappa shape index (κ2) is 8.93. The molecule has 1 aromatic carbocycles. The fraction of sp³-hybridized carbons (Fsp3) is 0.455. The molecule has 1 amide bonds. The van der Waals surface area contributed by atoms with Gasteiger partial charge in [0.05, 0.1) is 0 Å². The maximum absolute atomic E-state index is 13.1. The highest BCUT2D eigenvalue weighted by molar-refractivity contribution is 5.94. The largest absolute Gasteiger partial charge is 0.337 e. The topological polar surface area (TPSA) is 79.2 Å². The van der Waals surface area contributed by atoms with E-state index in [-0.39, 0.29) is 41.3 Å². The van der Waals surface area contributed by atoms with Gasteiger partial charge in [0.25, 0.3) is 11.5 Å². The van der Waals surface area contributed by atoms with Gasteiger partial charge in [-0.15, -0.1) is 12.4 Å². The molecular formula is C22H28ClN3O2. The van der Waals surface area contributed by atoms with Crippen LogP contribution in [-0.4, -0.2) is 35.4 Å². The van der Waals surface area contributed by atoms with Crippen molar-refractivity contribution in [3.63, 3.8) is 0 Å². The Balaban J connectivity index is 0.00000225. The first-order valence-electron chi connectivity index (χ1n) is 9.96. The molecule has 1 aliphatic heterocycles. The summed E-state index contributed by atoms with van der Waals surface area (Å²) in [5, 5.41) is 0. The Kier molecular flexibility index (Phi) is 6.57. The standard InChI is InChI=1S/C22H27N3O2.ClH/c23-12-17-13-25(14-19(17)15-7-3-1-4-8-15)22(27)18-11-16-9-5-2-6-10-20(16)24-21(18)26;/h1,3-4,7-8,11,17,19H,2,5-6,9-10,12-14,23H2,(H,24,26);1H/t17-,19+;/m1./s1. The minimum Gasteiger partial charge on any atom is -0.337 e. The van der Waals surface area contributed by atoms with Crippen LogP contribution in [0.5, 0.6) is 0 Å². The van der Waals surface area contributed by atoms with E-state index in [0.717, 1.165) is 36.9 Å². The zero-order chi connectivity index (χ0) is 18.8. The molecule has 1 aliphatic carbocycles. The number of carbonyl (C=O) groups is 1. The Morgan fingerprint density at radius 3 is 2.61 bits per heavy atom. The lowest BCUT2D eigenvalue weighted by Gasteiger charge is -2.17. The molecule has 1 saturated heterocycles. The van der Waals surface area contributed by atoms with Gasteiger partial charge in [0, 0.05) is 24.7 Å². The number of aromatic nitrogens is 1. The molecule has 4 rings (SSSR count). The van der Waals surface area contributed by atoms with Crippen LogP contribution in [0.15, 0.2) is 41.2 Å². The van der Waals surface area contributed by atoms with E-state index in [9.17, 15) is 9.59 Å². The maximum atomic E-state index is 13.1. The van der Waals surface area contributed by atoms with Gasteiger partial charge in [-0.3, -0.25) is 9.59 Å². The van der Waals surface area contributed by atoms with Gasteiger partial charge in [-0.2, -0.15) is 0 Å². The van der Waals surface area contributed by atoms with Crippen LogP contribution in [0.4, 0.5) is 0 Å². The summed E-state index contributed by atoms with van der Waals surface area (Å²) >= 11 is 0. The number of benzene rings is 1. The van der Waals surface area contributed by atoms with Gasteiger partial charge < -0.3 is 15.6 Å². The maximum Gasteiger partial charge on any atom is 0.261 e. The first kappa shape index (κ1) is 20.6. The van der Waals surface area contributed by atoms with E-state index in [4.69, 9.17) is 5.73 Å². The van der Waals surface area contributed by atoms with Crippen LogP contribution in [0.2, 0.25) is 0 Å². The van der Waals surface area contributed by atoms with Crippen LogP contribution in [-0.2, 0) is 12.8 Å². The number of hydrogen-bond acceptors (Lipinski definition) is 3. The van der Waals surface area contributed by atoms with Crippen molar-refractivity contribution in [2.45, 2.75) is 38.0 Å². The molecule has 3 N–H and O–H groups in total. The molecule has 0 radical (unpaired) electrons. The fourth-order valence-corrected chi connectivity index (χ4v) is 4.53. The van der Waals surface area contributed by atoms with E-state index in [2.05, 4.69) is 17.1 Å². The third-order valence-electron chi connectivity index (χ3n) is 6.08. The van der Waals surface area contributed by atoms with Gasteiger partial charge in [0.1, 0.15) is 5.56 Å². The van der Waals surface area contributed by atoms with Crippen LogP contribution in [0, 0.1) is 5.92 Å². The minimum absolute atomic E-state index is 0. The third kappa shape index (κ3) is 4.01. The summed E-state index contributed by atoms with van der Waals surface area (Å²) in [7, 11) is 0. The van der Waals surface area contributed by atoms with Crippen molar-refractivity contribution in [1.29, 1.82) is 0 Å². The highest BCUT2D eigenvalue weighted by Crippen LogP contribution is 2.32. The average Bonchev–Trinajstić information content (AvgIpc) is 3.01. The lowest BCUT2D eigenvalue weighted by molar-refractivity contribution is 0.0784. The van der Waals surface area contributed by atoms with Crippen LogP contribution >= 0.6 is 12.4 Å². The summed E-state index contributed by atoms with van der Waals surface area (Å²) in [5.74, 6) is 0.275. The number of nitrogens with one attached hydrogen (secondary N) is 1. The number of hydrogen-bond donors (Lipinski definition) is 2. The normalized spacial score (nSPS) is 21.5. The summed E-state index contributed by atoms with van der Waals surface area (Å²) < 4.78 is 0. The van der Waals surface area contributed by atoms with E-state index < -0.39 is 0 Å². The van der Waals surface area contributed by atoms with Gasteiger partial charge in [0.15, 0.2) is 0 Å². The number of aromatic amines is 1. The van der Waals surface area contributed by atoms with Crippen molar-refractivity contribution in [2.24, 2.45) is 11.7 Å². The van der Waals surface area contributed by atoms with Gasteiger partial charge in [-0.1, -0.05) is 36.8 Å². The number of carbonyl (C=O) groups excluding carboxylic acids is 1. The number of halogens is 1. The molecular weight excluding hydrogens is 374 g/mol. The number of fused-ring (bicyclic) bond motifs is 1. The van der Waals surface area contributed by atoms with E-state index in [0.29, 0.717) is 19.6 Å². The molecule has 2 atom stereocenters. The quantitative estimate of drug-likeness (QED) is 0.776. The Morgan fingerprint density at radius 1 is 1.11 bits per heavy atom. The molecule has 5 nitrogen and oxygen atoms in total. The first-order chi connectivity index (χ1) is 13.2. The van der Waals surface area contributed by atoms with E-state index >= 15 is 0 Å². The van der Waals surface area contributed by atoms with Crippen molar-refractivity contribution in [1.82, 2.24) is 9.88 Å². The van der Waals surface area contributed by atoms with E-state index in [1.807, 2.05) is 29.2 Å². The fourth-order valence-electron chi connectivity index (χ4n) is 4.53. The minimum atomic E-state index is -0.256. The average molecular weight is 402 g/mol. The Bertz CT molecular complexity index is 881. The molecule has 150 valence electrons. The van der Waals surface area contributed by atoms with Crippen LogP contribution < -0.4 is 11.3 Å². The molecule has 0 spiro atoms. The number of likely N-dealkylation sites (tertiary alicyclic amines) is 1. The third-order valence-corrected chi connectivity index (χ3v) is 6.08. The van der Waals surface area contributed by atoms with Crippen LogP contribution in [0.3, 0.4) is 0 Å². The second-order valence-electron chi connectivity index (χ2n) is 7.80. The van der Waals surface area contributed by atoms with Gasteiger partial charge >= 0.3 is 0 Å². The first-order valence-corrected chi connectivity index (χ1v) is 9.96. The predicted molar refractivity (Wildman–Crippen MR) is 113 cm³/mol. The molecule has 0 bridgehead atoms. The van der Waals surface area contributed by atoms with Crippen molar-refractivity contribution in [2.75, 3.05) is 19.6 Å². The molecule has 1 fully saturated rings. The Labute approximate surface area is 171 Å². The summed E-state index contributed by atoms with van der Waals surface area (Å²) in [4.78, 5) is 30.5. The molecule has 6 heteroatoms. The number of rotatable bonds is 3. The lowest BCUT2D eigenvalue weighted by atomic mass is 9.89. The van der Waals surface area contributed by atoms with Gasteiger partial charge in [0.2, 0.25) is 0 Å². The Hall–Kier alpha value is -2.11. The van der Waals surface area contributed by atoms with Crippen molar-refractivity contribution < 1.29 is 4.79 Å². The van der Waals surface area contributed by atoms with Crippen LogP contribution in [0.25, 0.3) is 0 Å². The molecule has 28 heavy (non-hydrogen) atoms. The number of aryl methyl sites for hydroxylation is 2. The number of nitrogens with zero attached hydrogens (tertiary/aromatic N) is 1. The molecule has 1 aromatic heterocycles. The summed E-state index contributed by atoms with van der Waals surface area (Å²) in [6.07, 6.45) is 5.21.